The Balaban J connectivity index is 2.41. The average molecular weight is 180 g/mol. The fraction of sp³-hybridized carbons (Fsp3) is 0.444. The summed E-state index contributed by atoms with van der Waals surface area (Å²) in [5.74, 6) is 0. The molecule has 1 heterocycles. The summed E-state index contributed by atoms with van der Waals surface area (Å²) >= 11 is 0. The standard InChI is InChI=1S/C9H16N4/c1-13(2)6-5-12-9-7-11-4-3-8(9)10/h3-4,7,12H,5-6H2,1-2H3,(H2,10,11). The van der Waals surface area contributed by atoms with Crippen LogP contribution in [0.3, 0.4) is 0 Å². The second kappa shape index (κ2) is 4.67. The lowest BCUT2D eigenvalue weighted by molar-refractivity contribution is 0.425. The van der Waals surface area contributed by atoms with Gasteiger partial charge < -0.3 is 16.0 Å². The Morgan fingerprint density at radius 1 is 1.54 bits per heavy atom. The minimum atomic E-state index is 0.744. The van der Waals surface area contributed by atoms with Gasteiger partial charge in [-0.05, 0) is 20.2 Å². The third-order valence-corrected chi connectivity index (χ3v) is 1.73. The highest BCUT2D eigenvalue weighted by atomic mass is 15.1. The zero-order chi connectivity index (χ0) is 9.68. The van der Waals surface area contributed by atoms with E-state index in [1.165, 1.54) is 0 Å². The quantitative estimate of drug-likeness (QED) is 0.714. The second-order valence-corrected chi connectivity index (χ2v) is 3.19. The SMILES string of the molecule is CN(C)CCNc1cnccc1N. The van der Waals surface area contributed by atoms with Crippen LogP contribution in [0.1, 0.15) is 0 Å². The maximum Gasteiger partial charge on any atom is 0.0760 e. The maximum absolute atomic E-state index is 5.72. The van der Waals surface area contributed by atoms with Crippen molar-refractivity contribution in [3.05, 3.63) is 18.5 Å². The highest BCUT2D eigenvalue weighted by molar-refractivity contribution is 5.63. The molecule has 0 aliphatic carbocycles. The van der Waals surface area contributed by atoms with Gasteiger partial charge in [-0.15, -0.1) is 0 Å². The second-order valence-electron chi connectivity index (χ2n) is 3.19. The molecule has 1 aromatic rings. The van der Waals surface area contributed by atoms with Crippen molar-refractivity contribution < 1.29 is 0 Å². The van der Waals surface area contributed by atoms with Crippen LogP contribution >= 0.6 is 0 Å². The molecule has 0 aliphatic heterocycles. The Hall–Kier alpha value is -1.29. The predicted molar refractivity (Wildman–Crippen MR) is 55.7 cm³/mol. The van der Waals surface area contributed by atoms with Crippen molar-refractivity contribution >= 4 is 11.4 Å². The van der Waals surface area contributed by atoms with Crippen LogP contribution in [0.2, 0.25) is 0 Å². The van der Waals surface area contributed by atoms with Crippen LogP contribution in [0.25, 0.3) is 0 Å². The summed E-state index contributed by atoms with van der Waals surface area (Å²) in [5, 5.41) is 3.22. The number of pyridine rings is 1. The smallest absolute Gasteiger partial charge is 0.0760 e. The molecule has 1 rings (SSSR count). The summed E-state index contributed by atoms with van der Waals surface area (Å²) in [4.78, 5) is 6.10. The molecule has 0 atom stereocenters. The van der Waals surface area contributed by atoms with Gasteiger partial charge in [0.2, 0.25) is 0 Å². The summed E-state index contributed by atoms with van der Waals surface area (Å²) in [7, 11) is 4.07. The molecule has 0 fully saturated rings. The van der Waals surface area contributed by atoms with Gasteiger partial charge in [-0.1, -0.05) is 0 Å². The summed E-state index contributed by atoms with van der Waals surface area (Å²) < 4.78 is 0. The van der Waals surface area contributed by atoms with Crippen molar-refractivity contribution in [2.24, 2.45) is 0 Å². The number of hydrogen-bond acceptors (Lipinski definition) is 4. The molecule has 0 amide bonds. The van der Waals surface area contributed by atoms with Crippen molar-refractivity contribution in [1.82, 2.24) is 9.88 Å². The predicted octanol–water partition coefficient (Wildman–Crippen LogP) is 0.637. The van der Waals surface area contributed by atoms with Gasteiger partial charge in [0.25, 0.3) is 0 Å². The van der Waals surface area contributed by atoms with Crippen LogP contribution in [-0.4, -0.2) is 37.1 Å². The van der Waals surface area contributed by atoms with E-state index in [9.17, 15) is 0 Å². The summed E-state index contributed by atoms with van der Waals surface area (Å²) in [6, 6.07) is 1.79. The van der Waals surface area contributed by atoms with Gasteiger partial charge in [0, 0.05) is 19.3 Å². The first-order valence-electron chi connectivity index (χ1n) is 4.28. The van der Waals surface area contributed by atoms with Gasteiger partial charge in [0.05, 0.1) is 17.6 Å². The van der Waals surface area contributed by atoms with E-state index in [4.69, 9.17) is 5.73 Å². The van der Waals surface area contributed by atoms with Crippen LogP contribution in [0, 0.1) is 0 Å². The largest absolute Gasteiger partial charge is 0.397 e. The molecular formula is C9H16N4. The van der Waals surface area contributed by atoms with Crippen molar-refractivity contribution in [2.45, 2.75) is 0 Å². The van der Waals surface area contributed by atoms with Crippen molar-refractivity contribution in [3.63, 3.8) is 0 Å². The lowest BCUT2D eigenvalue weighted by Crippen LogP contribution is -2.21. The first-order chi connectivity index (χ1) is 6.20. The monoisotopic (exact) mass is 180 g/mol. The normalized spacial score (nSPS) is 10.4. The molecule has 13 heavy (non-hydrogen) atoms. The topological polar surface area (TPSA) is 54.2 Å². The van der Waals surface area contributed by atoms with Gasteiger partial charge in [-0.2, -0.15) is 0 Å². The van der Waals surface area contributed by atoms with E-state index < -0.39 is 0 Å². The van der Waals surface area contributed by atoms with Crippen LogP contribution in [0.15, 0.2) is 18.5 Å². The Labute approximate surface area is 78.8 Å². The zero-order valence-electron chi connectivity index (χ0n) is 8.12. The number of nitrogens with one attached hydrogen (secondary N) is 1. The number of hydrogen-bond donors (Lipinski definition) is 2. The van der Waals surface area contributed by atoms with Crippen molar-refractivity contribution in [3.8, 4) is 0 Å². The number of nitrogens with zero attached hydrogens (tertiary/aromatic N) is 2. The molecule has 0 saturated heterocycles. The van der Waals surface area contributed by atoms with Crippen molar-refractivity contribution in [2.75, 3.05) is 38.2 Å². The molecular weight excluding hydrogens is 164 g/mol. The van der Waals surface area contributed by atoms with Crippen LogP contribution < -0.4 is 11.1 Å². The minimum absolute atomic E-state index is 0.744. The molecule has 0 aliphatic rings. The minimum Gasteiger partial charge on any atom is -0.397 e. The van der Waals surface area contributed by atoms with Crippen LogP contribution in [0.5, 0.6) is 0 Å². The summed E-state index contributed by atoms with van der Waals surface area (Å²) in [6.45, 7) is 1.86. The van der Waals surface area contributed by atoms with Crippen molar-refractivity contribution in [1.29, 1.82) is 0 Å². The third kappa shape index (κ3) is 3.29. The van der Waals surface area contributed by atoms with Gasteiger partial charge in [-0.3, -0.25) is 4.98 Å². The lowest BCUT2D eigenvalue weighted by atomic mass is 10.3. The molecule has 0 saturated carbocycles. The van der Waals surface area contributed by atoms with E-state index in [1.54, 1.807) is 18.5 Å². The Morgan fingerprint density at radius 2 is 2.31 bits per heavy atom. The molecule has 72 valence electrons. The third-order valence-electron chi connectivity index (χ3n) is 1.73. The van der Waals surface area contributed by atoms with E-state index in [2.05, 4.69) is 15.2 Å². The van der Waals surface area contributed by atoms with E-state index in [0.717, 1.165) is 24.5 Å². The van der Waals surface area contributed by atoms with E-state index in [0.29, 0.717) is 0 Å². The molecule has 0 unspecified atom stereocenters. The lowest BCUT2D eigenvalue weighted by Gasteiger charge is -2.12. The maximum atomic E-state index is 5.72. The summed E-state index contributed by atoms with van der Waals surface area (Å²) in [5.41, 5.74) is 7.37. The van der Waals surface area contributed by atoms with E-state index >= 15 is 0 Å². The number of likely N-dealkylation sites (N-methyl/N-ethyl adjacent to an activating group) is 1. The number of anilines is 2. The highest BCUT2D eigenvalue weighted by Crippen LogP contribution is 2.13. The molecule has 0 radical (unpaired) electrons. The number of nitrogens with two attached hydrogens (primary N) is 1. The van der Waals surface area contributed by atoms with Crippen LogP contribution in [0.4, 0.5) is 11.4 Å². The van der Waals surface area contributed by atoms with Gasteiger partial charge in [0.1, 0.15) is 0 Å². The first kappa shape index (κ1) is 9.80. The molecule has 4 heteroatoms. The number of rotatable bonds is 4. The average Bonchev–Trinajstić information content (AvgIpc) is 2.08. The first-order valence-corrected chi connectivity index (χ1v) is 4.28. The fourth-order valence-corrected chi connectivity index (χ4v) is 0.967. The molecule has 4 nitrogen and oxygen atoms in total. The molecule has 1 aromatic heterocycles. The number of aromatic nitrogens is 1. The molecule has 0 aromatic carbocycles. The molecule has 3 N–H and O–H groups in total. The van der Waals surface area contributed by atoms with E-state index in [1.807, 2.05) is 14.1 Å². The fourth-order valence-electron chi connectivity index (χ4n) is 0.967. The van der Waals surface area contributed by atoms with Gasteiger partial charge in [-0.25, -0.2) is 0 Å². The van der Waals surface area contributed by atoms with Gasteiger partial charge >= 0.3 is 0 Å². The highest BCUT2D eigenvalue weighted by Gasteiger charge is 1.96. The Morgan fingerprint density at radius 3 is 2.92 bits per heavy atom. The zero-order valence-corrected chi connectivity index (χ0v) is 8.12. The Kier molecular flexibility index (Phi) is 3.52. The van der Waals surface area contributed by atoms with Crippen LogP contribution in [-0.2, 0) is 0 Å². The summed E-state index contributed by atoms with van der Waals surface area (Å²) in [6.07, 6.45) is 3.43. The van der Waals surface area contributed by atoms with E-state index in [-0.39, 0.29) is 0 Å². The van der Waals surface area contributed by atoms with Gasteiger partial charge in [0.15, 0.2) is 0 Å². The molecule has 0 spiro atoms. The molecule has 0 bridgehead atoms. The number of nitrogen functional groups attached to an aromatic ring is 1. The Bertz CT molecular complexity index is 260.